The molecule has 0 aliphatic carbocycles. The van der Waals surface area contributed by atoms with E-state index in [9.17, 15) is 14.3 Å². The first-order valence-electron chi connectivity index (χ1n) is 10.6. The van der Waals surface area contributed by atoms with Crippen molar-refractivity contribution in [3.63, 3.8) is 0 Å². The monoisotopic (exact) mass is 447 g/mol. The Balaban J connectivity index is 1.49. The number of ether oxygens (including phenoxy) is 1. The predicted molar refractivity (Wildman–Crippen MR) is 118 cm³/mol. The zero-order valence-corrected chi connectivity index (χ0v) is 17.9. The van der Waals surface area contributed by atoms with E-state index >= 15 is 0 Å². The van der Waals surface area contributed by atoms with Crippen molar-refractivity contribution in [2.45, 2.75) is 19.6 Å². The number of amides is 1. The van der Waals surface area contributed by atoms with Gasteiger partial charge in [-0.2, -0.15) is 5.10 Å². The number of hydrogen-bond acceptors (Lipinski definition) is 5. The number of aromatic hydroxyl groups is 1. The van der Waals surface area contributed by atoms with Crippen LogP contribution < -0.4 is 0 Å². The van der Waals surface area contributed by atoms with Gasteiger partial charge in [0.15, 0.2) is 6.23 Å². The molecule has 3 heterocycles. The third-order valence-corrected chi connectivity index (χ3v) is 5.76. The lowest BCUT2D eigenvalue weighted by Gasteiger charge is -2.23. The van der Waals surface area contributed by atoms with Gasteiger partial charge >= 0.3 is 0 Å². The number of rotatable bonds is 6. The number of benzene rings is 2. The lowest BCUT2D eigenvalue weighted by molar-refractivity contribution is -0.128. The van der Waals surface area contributed by atoms with Crippen LogP contribution in [-0.2, 0) is 16.0 Å². The van der Waals surface area contributed by atoms with Crippen LogP contribution in [0.3, 0.4) is 0 Å². The highest BCUT2D eigenvalue weighted by Crippen LogP contribution is 2.35. The molecule has 2 aromatic carbocycles. The van der Waals surface area contributed by atoms with Crippen LogP contribution in [-0.4, -0.2) is 38.8 Å². The number of nitrogens with zero attached hydrogens (tertiary/aromatic N) is 3. The molecule has 168 valence electrons. The lowest BCUT2D eigenvalue weighted by Crippen LogP contribution is -2.30. The van der Waals surface area contributed by atoms with Gasteiger partial charge in [0.05, 0.1) is 18.2 Å². The van der Waals surface area contributed by atoms with Gasteiger partial charge in [-0.15, -0.1) is 0 Å². The van der Waals surface area contributed by atoms with E-state index < -0.39 is 6.23 Å². The summed E-state index contributed by atoms with van der Waals surface area (Å²) >= 11 is 0. The Morgan fingerprint density at radius 3 is 2.73 bits per heavy atom. The topological polar surface area (TPSA) is 80.7 Å². The molecule has 1 saturated heterocycles. The molecule has 5 rings (SSSR count). The molecule has 0 unspecified atom stereocenters. The number of phenols is 1. The zero-order chi connectivity index (χ0) is 22.9. The molecule has 7 nitrogen and oxygen atoms in total. The second kappa shape index (κ2) is 8.55. The smallest absolute Gasteiger partial charge is 0.250 e. The van der Waals surface area contributed by atoms with Crippen molar-refractivity contribution in [2.24, 2.45) is 0 Å². The molecule has 33 heavy (non-hydrogen) atoms. The number of aromatic nitrogens is 2. The van der Waals surface area contributed by atoms with Crippen molar-refractivity contribution in [1.82, 2.24) is 14.7 Å². The predicted octanol–water partition coefficient (Wildman–Crippen LogP) is 4.39. The van der Waals surface area contributed by atoms with Crippen LogP contribution in [0, 0.1) is 12.7 Å². The molecule has 0 saturated carbocycles. The molecule has 1 N–H and O–H groups in total. The molecule has 1 fully saturated rings. The van der Waals surface area contributed by atoms with Gasteiger partial charge < -0.3 is 19.2 Å². The first-order chi connectivity index (χ1) is 16.0. The van der Waals surface area contributed by atoms with Gasteiger partial charge in [-0.25, -0.2) is 9.07 Å². The fourth-order valence-electron chi connectivity index (χ4n) is 3.96. The SMILES string of the molecule is Cc1cc(-n2cc([C@H]3OCC(=O)N3CCc3ccc(O)cc3)c(-c3ccoc3)n2)ccc1F. The summed E-state index contributed by atoms with van der Waals surface area (Å²) in [7, 11) is 0. The Kier molecular flexibility index (Phi) is 5.43. The van der Waals surface area contributed by atoms with Crippen LogP contribution in [0.15, 0.2) is 71.7 Å². The van der Waals surface area contributed by atoms with Crippen LogP contribution in [0.25, 0.3) is 16.9 Å². The Morgan fingerprint density at radius 1 is 1.18 bits per heavy atom. The molecule has 1 aliphatic heterocycles. The first-order valence-corrected chi connectivity index (χ1v) is 10.6. The van der Waals surface area contributed by atoms with E-state index in [4.69, 9.17) is 14.3 Å². The molecule has 1 aliphatic rings. The Hall–Kier alpha value is -3.91. The van der Waals surface area contributed by atoms with Crippen molar-refractivity contribution < 1.29 is 23.4 Å². The van der Waals surface area contributed by atoms with Gasteiger partial charge in [0.2, 0.25) is 0 Å². The largest absolute Gasteiger partial charge is 0.508 e. The summed E-state index contributed by atoms with van der Waals surface area (Å²) < 4.78 is 26.6. The quantitative estimate of drug-likeness (QED) is 0.474. The van der Waals surface area contributed by atoms with E-state index in [1.54, 1.807) is 59.4 Å². The number of phenolic OH excluding ortho intramolecular Hbond substituents is 1. The van der Waals surface area contributed by atoms with Crippen LogP contribution in [0.5, 0.6) is 5.75 Å². The minimum Gasteiger partial charge on any atom is -0.508 e. The fraction of sp³-hybridized carbons (Fsp3) is 0.200. The Labute approximate surface area is 189 Å². The minimum absolute atomic E-state index is 0.0219. The Morgan fingerprint density at radius 2 is 2.00 bits per heavy atom. The Bertz CT molecular complexity index is 1280. The molecular weight excluding hydrogens is 425 g/mol. The van der Waals surface area contributed by atoms with E-state index in [-0.39, 0.29) is 24.1 Å². The average Bonchev–Trinajstić information content (AvgIpc) is 3.55. The summed E-state index contributed by atoms with van der Waals surface area (Å²) in [5.41, 5.74) is 4.31. The molecule has 0 radical (unpaired) electrons. The minimum atomic E-state index is -0.616. The van der Waals surface area contributed by atoms with Gasteiger partial charge in [0, 0.05) is 23.9 Å². The highest BCUT2D eigenvalue weighted by Gasteiger charge is 2.36. The van der Waals surface area contributed by atoms with E-state index in [0.717, 1.165) is 16.7 Å². The van der Waals surface area contributed by atoms with Gasteiger partial charge in [0.1, 0.15) is 23.9 Å². The summed E-state index contributed by atoms with van der Waals surface area (Å²) in [4.78, 5) is 14.4. The standard InChI is InChI=1S/C25H22FN3O4/c1-16-12-19(4-7-22(16)26)29-13-21(24(27-29)18-9-11-32-14-18)25-28(23(31)15-33-25)10-8-17-2-5-20(30)6-3-17/h2-7,9,11-14,25,30H,8,10,15H2,1H3/t25-/m1/s1. The van der Waals surface area contributed by atoms with E-state index in [2.05, 4.69) is 0 Å². The zero-order valence-electron chi connectivity index (χ0n) is 17.9. The van der Waals surface area contributed by atoms with E-state index in [1.165, 1.54) is 6.07 Å². The number of carbonyl (C=O) groups excluding carboxylic acids is 1. The van der Waals surface area contributed by atoms with Crippen LogP contribution in [0.1, 0.15) is 22.9 Å². The molecule has 0 spiro atoms. The third-order valence-electron chi connectivity index (χ3n) is 5.76. The first kappa shape index (κ1) is 21.0. The highest BCUT2D eigenvalue weighted by molar-refractivity contribution is 5.80. The molecular formula is C25H22FN3O4. The van der Waals surface area contributed by atoms with Crippen molar-refractivity contribution in [3.8, 4) is 22.7 Å². The van der Waals surface area contributed by atoms with E-state index in [0.29, 0.717) is 29.9 Å². The summed E-state index contributed by atoms with van der Waals surface area (Å²) in [6.07, 6.45) is 4.95. The number of halogens is 1. The van der Waals surface area contributed by atoms with Crippen molar-refractivity contribution in [3.05, 3.63) is 89.8 Å². The number of aryl methyl sites for hydroxylation is 1. The summed E-state index contributed by atoms with van der Waals surface area (Å²) in [5.74, 6) is -0.195. The normalized spacial score (nSPS) is 16.0. The van der Waals surface area contributed by atoms with Crippen molar-refractivity contribution in [1.29, 1.82) is 0 Å². The fourth-order valence-corrected chi connectivity index (χ4v) is 3.96. The van der Waals surface area contributed by atoms with Gasteiger partial charge in [-0.3, -0.25) is 4.79 Å². The molecule has 4 aromatic rings. The van der Waals surface area contributed by atoms with Crippen molar-refractivity contribution >= 4 is 5.91 Å². The van der Waals surface area contributed by atoms with E-state index in [1.807, 2.05) is 18.3 Å². The van der Waals surface area contributed by atoms with Crippen molar-refractivity contribution in [2.75, 3.05) is 13.2 Å². The van der Waals surface area contributed by atoms with Crippen LogP contribution in [0.2, 0.25) is 0 Å². The molecule has 8 heteroatoms. The maximum absolute atomic E-state index is 13.8. The maximum Gasteiger partial charge on any atom is 0.250 e. The average molecular weight is 447 g/mol. The third kappa shape index (κ3) is 4.12. The second-order valence-electron chi connectivity index (χ2n) is 7.99. The van der Waals surface area contributed by atoms with Crippen LogP contribution in [0.4, 0.5) is 4.39 Å². The molecule has 1 amide bonds. The number of hydrogen-bond donors (Lipinski definition) is 1. The lowest BCUT2D eigenvalue weighted by atomic mass is 10.1. The molecule has 0 bridgehead atoms. The summed E-state index contributed by atoms with van der Waals surface area (Å²) in [6.45, 7) is 2.12. The highest BCUT2D eigenvalue weighted by atomic mass is 19.1. The maximum atomic E-state index is 13.8. The van der Waals surface area contributed by atoms with Gasteiger partial charge in [0.25, 0.3) is 5.91 Å². The molecule has 1 atom stereocenters. The second-order valence-corrected chi connectivity index (χ2v) is 7.99. The number of carbonyl (C=O) groups is 1. The molecule has 2 aromatic heterocycles. The summed E-state index contributed by atoms with van der Waals surface area (Å²) in [5, 5.41) is 14.2. The summed E-state index contributed by atoms with van der Waals surface area (Å²) in [6, 6.07) is 13.5. The van der Waals surface area contributed by atoms with Crippen LogP contribution >= 0.6 is 0 Å². The van der Waals surface area contributed by atoms with Gasteiger partial charge in [-0.1, -0.05) is 12.1 Å². The van der Waals surface area contributed by atoms with Gasteiger partial charge in [-0.05, 0) is 60.9 Å². The number of furan rings is 1.